The van der Waals surface area contributed by atoms with Gasteiger partial charge in [-0.1, -0.05) is 13.8 Å². The molecule has 1 unspecified atom stereocenters. The van der Waals surface area contributed by atoms with Crippen LogP contribution < -0.4 is 0 Å². The van der Waals surface area contributed by atoms with E-state index < -0.39 is 5.97 Å². The number of carbonyl (C=O) groups is 1. The fourth-order valence-electron chi connectivity index (χ4n) is 2.89. The first-order valence-corrected chi connectivity index (χ1v) is 5.39. The van der Waals surface area contributed by atoms with Crippen LogP contribution in [0.3, 0.4) is 0 Å². The largest absolute Gasteiger partial charge is 0.481 e. The minimum absolute atomic E-state index is 0.0617. The Bertz CT molecular complexity index is 241. The van der Waals surface area contributed by atoms with E-state index in [1.165, 1.54) is 6.42 Å². The highest BCUT2D eigenvalue weighted by Gasteiger charge is 2.65. The molecule has 2 rings (SSSR count). The van der Waals surface area contributed by atoms with Crippen molar-refractivity contribution in [3.63, 3.8) is 0 Å². The van der Waals surface area contributed by atoms with Gasteiger partial charge in [0.2, 0.25) is 0 Å². The quantitative estimate of drug-likeness (QED) is 0.737. The number of hydrogen-bond donors (Lipinski definition) is 1. The van der Waals surface area contributed by atoms with Crippen molar-refractivity contribution in [2.45, 2.75) is 39.2 Å². The lowest BCUT2D eigenvalue weighted by Crippen LogP contribution is -2.23. The fourth-order valence-corrected chi connectivity index (χ4v) is 2.89. The Morgan fingerprint density at radius 2 is 2.14 bits per heavy atom. The SMILES string of the molecule is CC1(C)[C@H](C(=O)O)[C@H]1C1CCCCO1. The molecule has 0 amide bonds. The standard InChI is InChI=1S/C11H18O3/c1-11(2)8(9(11)10(12)13)7-5-3-4-6-14-7/h7-9H,3-6H2,1-2H3,(H,12,13)/t7?,8-,9+/m1/s1. The highest BCUT2D eigenvalue weighted by Crippen LogP contribution is 2.61. The minimum Gasteiger partial charge on any atom is -0.481 e. The van der Waals surface area contributed by atoms with Crippen LogP contribution in [0.1, 0.15) is 33.1 Å². The highest BCUT2D eigenvalue weighted by atomic mass is 16.5. The summed E-state index contributed by atoms with van der Waals surface area (Å²) in [6.45, 7) is 4.88. The molecule has 1 aliphatic carbocycles. The zero-order valence-electron chi connectivity index (χ0n) is 8.82. The molecule has 1 saturated carbocycles. The van der Waals surface area contributed by atoms with E-state index in [0.717, 1.165) is 19.4 Å². The fraction of sp³-hybridized carbons (Fsp3) is 0.909. The van der Waals surface area contributed by atoms with Gasteiger partial charge >= 0.3 is 5.97 Å². The molecule has 80 valence electrons. The molecule has 0 aromatic carbocycles. The summed E-state index contributed by atoms with van der Waals surface area (Å²) in [5.41, 5.74) is -0.0617. The van der Waals surface area contributed by atoms with Crippen molar-refractivity contribution in [1.82, 2.24) is 0 Å². The molecule has 1 N–H and O–H groups in total. The van der Waals surface area contributed by atoms with Gasteiger partial charge in [-0.05, 0) is 24.7 Å². The van der Waals surface area contributed by atoms with Gasteiger partial charge in [-0.15, -0.1) is 0 Å². The van der Waals surface area contributed by atoms with Crippen LogP contribution in [0.25, 0.3) is 0 Å². The molecule has 1 aliphatic heterocycles. The van der Waals surface area contributed by atoms with Gasteiger partial charge in [-0.2, -0.15) is 0 Å². The molecule has 1 heterocycles. The molecule has 1 saturated heterocycles. The molecule has 0 bridgehead atoms. The zero-order valence-corrected chi connectivity index (χ0v) is 8.82. The molecule has 0 aromatic rings. The monoisotopic (exact) mass is 198 g/mol. The van der Waals surface area contributed by atoms with Gasteiger partial charge in [-0.25, -0.2) is 0 Å². The Labute approximate surface area is 84.4 Å². The molecule has 2 fully saturated rings. The van der Waals surface area contributed by atoms with Crippen molar-refractivity contribution >= 4 is 5.97 Å². The molecule has 3 heteroatoms. The summed E-state index contributed by atoms with van der Waals surface area (Å²) < 4.78 is 5.65. The predicted molar refractivity (Wildman–Crippen MR) is 52.0 cm³/mol. The number of rotatable bonds is 2. The van der Waals surface area contributed by atoms with Crippen LogP contribution in [0.2, 0.25) is 0 Å². The Kier molecular flexibility index (Phi) is 2.30. The molecular formula is C11H18O3. The minimum atomic E-state index is -0.658. The number of aliphatic carboxylic acids is 1. The van der Waals surface area contributed by atoms with Gasteiger partial charge in [0.15, 0.2) is 0 Å². The second-order valence-electron chi connectivity index (χ2n) is 5.07. The first-order valence-electron chi connectivity index (χ1n) is 5.39. The predicted octanol–water partition coefficient (Wildman–Crippen LogP) is 1.91. The molecule has 3 atom stereocenters. The number of carboxylic acids is 1. The third-order valence-corrected chi connectivity index (χ3v) is 3.79. The lowest BCUT2D eigenvalue weighted by molar-refractivity contribution is -0.140. The van der Waals surface area contributed by atoms with Crippen LogP contribution >= 0.6 is 0 Å². The van der Waals surface area contributed by atoms with Gasteiger partial charge in [0.05, 0.1) is 12.0 Å². The summed E-state index contributed by atoms with van der Waals surface area (Å²) >= 11 is 0. The van der Waals surface area contributed by atoms with E-state index in [0.29, 0.717) is 0 Å². The maximum atomic E-state index is 11.0. The van der Waals surface area contributed by atoms with E-state index in [9.17, 15) is 4.79 Å². The van der Waals surface area contributed by atoms with Crippen LogP contribution in [0.15, 0.2) is 0 Å². The van der Waals surface area contributed by atoms with Crippen LogP contribution in [0.5, 0.6) is 0 Å². The van der Waals surface area contributed by atoms with Crippen molar-refractivity contribution in [1.29, 1.82) is 0 Å². The summed E-state index contributed by atoms with van der Waals surface area (Å²) in [6, 6.07) is 0. The van der Waals surface area contributed by atoms with Crippen molar-refractivity contribution in [3.05, 3.63) is 0 Å². The third-order valence-electron chi connectivity index (χ3n) is 3.79. The summed E-state index contributed by atoms with van der Waals surface area (Å²) in [5, 5.41) is 9.03. The van der Waals surface area contributed by atoms with Gasteiger partial charge in [-0.3, -0.25) is 4.79 Å². The second kappa shape index (κ2) is 3.23. The van der Waals surface area contributed by atoms with E-state index in [1.54, 1.807) is 0 Å². The lowest BCUT2D eigenvalue weighted by Gasteiger charge is -2.23. The molecule has 2 aliphatic rings. The van der Waals surface area contributed by atoms with Crippen LogP contribution in [0, 0.1) is 17.3 Å². The normalized spacial score (nSPS) is 40.6. The number of hydrogen-bond acceptors (Lipinski definition) is 2. The lowest BCUT2D eigenvalue weighted by atomic mass is 10.00. The van der Waals surface area contributed by atoms with E-state index in [1.807, 2.05) is 13.8 Å². The molecule has 3 nitrogen and oxygen atoms in total. The van der Waals surface area contributed by atoms with Crippen molar-refractivity contribution < 1.29 is 14.6 Å². The average molecular weight is 198 g/mol. The maximum Gasteiger partial charge on any atom is 0.307 e. The van der Waals surface area contributed by atoms with E-state index in [-0.39, 0.29) is 23.4 Å². The molecule has 0 radical (unpaired) electrons. The first kappa shape index (κ1) is 9.97. The zero-order chi connectivity index (χ0) is 10.3. The Balaban J connectivity index is 2.02. The molecular weight excluding hydrogens is 180 g/mol. The van der Waals surface area contributed by atoms with Gasteiger partial charge in [0.1, 0.15) is 0 Å². The summed E-state index contributed by atoms with van der Waals surface area (Å²) in [6.07, 6.45) is 3.54. The van der Waals surface area contributed by atoms with Gasteiger partial charge in [0.25, 0.3) is 0 Å². The third kappa shape index (κ3) is 1.44. The highest BCUT2D eigenvalue weighted by molar-refractivity contribution is 5.75. The first-order chi connectivity index (χ1) is 6.55. The summed E-state index contributed by atoms with van der Waals surface area (Å²) in [7, 11) is 0. The van der Waals surface area contributed by atoms with Crippen molar-refractivity contribution in [3.8, 4) is 0 Å². The molecule has 0 aromatic heterocycles. The smallest absolute Gasteiger partial charge is 0.307 e. The van der Waals surface area contributed by atoms with Crippen LogP contribution in [0.4, 0.5) is 0 Å². The van der Waals surface area contributed by atoms with Crippen LogP contribution in [-0.4, -0.2) is 23.8 Å². The topological polar surface area (TPSA) is 46.5 Å². The average Bonchev–Trinajstić information content (AvgIpc) is 2.71. The van der Waals surface area contributed by atoms with E-state index in [2.05, 4.69) is 0 Å². The summed E-state index contributed by atoms with van der Waals surface area (Å²) in [4.78, 5) is 11.0. The Hall–Kier alpha value is -0.570. The van der Waals surface area contributed by atoms with Crippen molar-refractivity contribution in [2.24, 2.45) is 17.3 Å². The van der Waals surface area contributed by atoms with E-state index in [4.69, 9.17) is 9.84 Å². The summed E-state index contributed by atoms with van der Waals surface area (Å²) in [5.74, 6) is -0.611. The van der Waals surface area contributed by atoms with Crippen LogP contribution in [-0.2, 0) is 9.53 Å². The molecule has 0 spiro atoms. The number of carboxylic acid groups (broad SMARTS) is 1. The number of ether oxygens (including phenoxy) is 1. The maximum absolute atomic E-state index is 11.0. The van der Waals surface area contributed by atoms with Gasteiger partial charge < -0.3 is 9.84 Å². The van der Waals surface area contributed by atoms with Gasteiger partial charge in [0, 0.05) is 12.5 Å². The van der Waals surface area contributed by atoms with E-state index >= 15 is 0 Å². The molecule has 14 heavy (non-hydrogen) atoms. The Morgan fingerprint density at radius 1 is 1.43 bits per heavy atom. The second-order valence-corrected chi connectivity index (χ2v) is 5.07. The van der Waals surface area contributed by atoms with Crippen molar-refractivity contribution in [2.75, 3.05) is 6.61 Å². The Morgan fingerprint density at radius 3 is 2.57 bits per heavy atom.